The molecule has 0 fully saturated rings. The summed E-state index contributed by atoms with van der Waals surface area (Å²) in [5.74, 6) is -2.38. The number of fused-ring (bicyclic) bond motifs is 3. The normalized spacial score (nSPS) is 17.2. The second-order valence-corrected chi connectivity index (χ2v) is 14.6. The number of hydrogen-bond donors (Lipinski definition) is 0. The van der Waals surface area contributed by atoms with Gasteiger partial charge in [-0.05, 0) is 92.6 Å². The summed E-state index contributed by atoms with van der Waals surface area (Å²) >= 11 is 0. The molecule has 0 amide bonds. The number of hydrogen-bond acceptors (Lipinski definition) is 3. The third-order valence-corrected chi connectivity index (χ3v) is 10.00. The van der Waals surface area contributed by atoms with Crippen LogP contribution in [0, 0.1) is 26.7 Å². The minimum Gasteiger partial charge on any atom is -0.457 e. The summed E-state index contributed by atoms with van der Waals surface area (Å²) in [4.78, 5) is 4.65. The van der Waals surface area contributed by atoms with Crippen molar-refractivity contribution in [1.82, 2.24) is 19.3 Å². The first-order valence-corrected chi connectivity index (χ1v) is 17.1. The van der Waals surface area contributed by atoms with Crippen LogP contribution >= 0.6 is 0 Å². The van der Waals surface area contributed by atoms with Crippen molar-refractivity contribution in [3.8, 4) is 23.0 Å². The number of para-hydroxylation sites is 1. The van der Waals surface area contributed by atoms with Gasteiger partial charge in [0.1, 0.15) is 17.3 Å². The van der Waals surface area contributed by atoms with Crippen LogP contribution in [0.3, 0.4) is 0 Å². The van der Waals surface area contributed by atoms with Crippen LogP contribution in [0.4, 0.5) is 26.3 Å². The highest BCUT2D eigenvalue weighted by Crippen LogP contribution is 2.53. The molecule has 1 aliphatic carbocycles. The van der Waals surface area contributed by atoms with Gasteiger partial charge in [0.05, 0.1) is 28.3 Å². The number of rotatable bonds is 5. The van der Waals surface area contributed by atoms with E-state index in [2.05, 4.69) is 20.7 Å². The van der Waals surface area contributed by atoms with Gasteiger partial charge in [0.25, 0.3) is 0 Å². The van der Waals surface area contributed by atoms with Gasteiger partial charge in [-0.1, -0.05) is 45.0 Å². The van der Waals surface area contributed by atoms with Gasteiger partial charge in [-0.25, -0.2) is 9.67 Å². The quantitative estimate of drug-likeness (QED) is 0.132. The maximum absolute atomic E-state index is 14.3. The van der Waals surface area contributed by atoms with Crippen molar-refractivity contribution in [2.75, 3.05) is 0 Å². The van der Waals surface area contributed by atoms with E-state index in [1.807, 2.05) is 88.4 Å². The topological polar surface area (TPSA) is 44.9 Å². The zero-order chi connectivity index (χ0) is 37.3. The summed E-state index contributed by atoms with van der Waals surface area (Å²) in [6.07, 6.45) is -7.81. The molecule has 6 aromatic rings. The molecular weight excluding hydrogens is 678 g/mol. The first-order valence-electron chi connectivity index (χ1n) is 17.1. The average molecular weight is 717 g/mol. The second-order valence-electron chi connectivity index (χ2n) is 14.6. The highest BCUT2D eigenvalue weighted by atomic mass is 19.4. The summed E-state index contributed by atoms with van der Waals surface area (Å²) < 4.78 is 95.9. The first-order chi connectivity index (χ1) is 24.4. The minimum atomic E-state index is -4.93. The number of aryl methyl sites for hydroxylation is 2. The molecule has 0 aliphatic heterocycles. The van der Waals surface area contributed by atoms with Crippen molar-refractivity contribution in [2.45, 2.75) is 78.1 Å². The van der Waals surface area contributed by atoms with Crippen LogP contribution in [-0.2, 0) is 5.41 Å². The maximum Gasteiger partial charge on any atom is 0.412 e. The Morgan fingerprint density at radius 1 is 0.788 bits per heavy atom. The van der Waals surface area contributed by atoms with E-state index in [0.29, 0.717) is 17.2 Å². The molecule has 270 valence electrons. The SMILES string of the molecule is Cc1ccnc(-n2c3ccccc3c3ccc(Oc4cc(-n5nc(C)c(C6C(C(F)(F)F)=CCC[C@@H]6C(F)(F)F)c5C)cc(C(C)(C)C)c4)cc32)c1. The second kappa shape index (κ2) is 12.6. The molecule has 2 atom stereocenters. The van der Waals surface area contributed by atoms with Crippen molar-refractivity contribution in [1.29, 1.82) is 0 Å². The molecule has 0 saturated carbocycles. The molecule has 0 N–H and O–H groups in total. The third kappa shape index (κ3) is 6.34. The molecule has 11 heteroatoms. The zero-order valence-electron chi connectivity index (χ0n) is 29.6. The van der Waals surface area contributed by atoms with E-state index >= 15 is 0 Å². The smallest absolute Gasteiger partial charge is 0.412 e. The van der Waals surface area contributed by atoms with E-state index in [4.69, 9.17) is 4.74 Å². The molecule has 52 heavy (non-hydrogen) atoms. The molecule has 3 heterocycles. The van der Waals surface area contributed by atoms with Crippen LogP contribution in [0.2, 0.25) is 0 Å². The van der Waals surface area contributed by atoms with Gasteiger partial charge in [0.2, 0.25) is 0 Å². The molecule has 5 nitrogen and oxygen atoms in total. The van der Waals surface area contributed by atoms with Crippen LogP contribution in [0.15, 0.2) is 90.6 Å². The predicted molar refractivity (Wildman–Crippen MR) is 191 cm³/mol. The van der Waals surface area contributed by atoms with E-state index in [1.54, 1.807) is 12.3 Å². The molecule has 3 aromatic heterocycles. The van der Waals surface area contributed by atoms with Crippen LogP contribution < -0.4 is 4.74 Å². The monoisotopic (exact) mass is 716 g/mol. The molecule has 7 rings (SSSR count). The first kappa shape index (κ1) is 35.3. The number of nitrogens with zero attached hydrogens (tertiary/aromatic N) is 4. The summed E-state index contributed by atoms with van der Waals surface area (Å²) in [6, 6.07) is 23.3. The summed E-state index contributed by atoms with van der Waals surface area (Å²) in [6.45, 7) is 11.0. The Morgan fingerprint density at radius 3 is 2.21 bits per heavy atom. The Kier molecular flexibility index (Phi) is 8.54. The molecule has 0 bridgehead atoms. The van der Waals surface area contributed by atoms with Crippen LogP contribution in [0.5, 0.6) is 11.5 Å². The fourth-order valence-electron chi connectivity index (χ4n) is 7.52. The van der Waals surface area contributed by atoms with Gasteiger partial charge in [-0.3, -0.25) is 4.57 Å². The van der Waals surface area contributed by atoms with E-state index < -0.39 is 41.6 Å². The van der Waals surface area contributed by atoms with Gasteiger partial charge >= 0.3 is 12.4 Å². The molecule has 3 aromatic carbocycles. The summed E-state index contributed by atoms with van der Waals surface area (Å²) in [7, 11) is 0. The van der Waals surface area contributed by atoms with Gasteiger partial charge in [0.15, 0.2) is 0 Å². The fourth-order valence-corrected chi connectivity index (χ4v) is 7.52. The van der Waals surface area contributed by atoms with Crippen molar-refractivity contribution >= 4 is 21.8 Å². The fraction of sp³-hybridized carbons (Fsp3) is 0.317. The molecule has 1 unspecified atom stereocenters. The maximum atomic E-state index is 14.3. The average Bonchev–Trinajstić information content (AvgIpc) is 3.55. The lowest BCUT2D eigenvalue weighted by Crippen LogP contribution is -2.36. The van der Waals surface area contributed by atoms with Crippen LogP contribution in [0.1, 0.15) is 67.6 Å². The van der Waals surface area contributed by atoms with E-state index in [9.17, 15) is 26.3 Å². The van der Waals surface area contributed by atoms with E-state index in [1.165, 1.54) is 18.5 Å². The number of pyridine rings is 1. The van der Waals surface area contributed by atoms with Crippen molar-refractivity contribution in [2.24, 2.45) is 5.92 Å². The Labute approximate surface area is 297 Å². The number of ether oxygens (including phenoxy) is 1. The Bertz CT molecular complexity index is 2360. The van der Waals surface area contributed by atoms with Crippen molar-refractivity contribution < 1.29 is 31.1 Å². The lowest BCUT2D eigenvalue weighted by molar-refractivity contribution is -0.187. The Hall–Kier alpha value is -5.06. The lowest BCUT2D eigenvalue weighted by Gasteiger charge is -2.35. The molecule has 0 saturated heterocycles. The van der Waals surface area contributed by atoms with E-state index in [0.717, 1.165) is 44.8 Å². The number of halogens is 6. The van der Waals surface area contributed by atoms with Gasteiger partial charge in [0, 0.05) is 51.9 Å². The van der Waals surface area contributed by atoms with Crippen LogP contribution in [-0.4, -0.2) is 31.7 Å². The highest BCUT2D eigenvalue weighted by Gasteiger charge is 2.54. The Balaban J connectivity index is 1.35. The summed E-state index contributed by atoms with van der Waals surface area (Å²) in [5.41, 5.74) is 2.93. The van der Waals surface area contributed by atoms with Gasteiger partial charge in [-0.15, -0.1) is 0 Å². The van der Waals surface area contributed by atoms with Gasteiger partial charge < -0.3 is 4.74 Å². The standard InChI is InChI=1S/C41H38F6N4O/c1-23-16-17-48-36(18-23)50-34-13-8-7-10-30(34)31-15-14-28(22-35(31)50)52-29-20-26(39(4,5)6)19-27(21-29)51-25(3)37(24(2)49-51)38-32(40(42,43)44)11-9-12-33(38)41(45,46)47/h7-8,10-11,13-22,33,38H,9,12H2,1-6H3/t33-,38?/m0/s1. The predicted octanol–water partition coefficient (Wildman–Crippen LogP) is 11.9. The van der Waals surface area contributed by atoms with Gasteiger partial charge in [-0.2, -0.15) is 31.4 Å². The number of aromatic nitrogens is 4. The Morgan fingerprint density at radius 2 is 1.52 bits per heavy atom. The van der Waals surface area contributed by atoms with Crippen LogP contribution in [0.25, 0.3) is 33.3 Å². The molecular formula is C41H38F6N4O. The van der Waals surface area contributed by atoms with E-state index in [-0.39, 0.29) is 23.4 Å². The number of alkyl halides is 6. The largest absolute Gasteiger partial charge is 0.457 e. The molecule has 0 radical (unpaired) electrons. The number of benzene rings is 3. The summed E-state index contributed by atoms with van der Waals surface area (Å²) in [5, 5.41) is 6.63. The zero-order valence-corrected chi connectivity index (χ0v) is 29.6. The minimum absolute atomic E-state index is 0.0581. The third-order valence-electron chi connectivity index (χ3n) is 10.00. The van der Waals surface area contributed by atoms with Crippen molar-refractivity contribution in [3.05, 3.63) is 119 Å². The highest BCUT2D eigenvalue weighted by molar-refractivity contribution is 6.09. The molecule has 1 aliphatic rings. The molecule has 0 spiro atoms. The number of allylic oxidation sites excluding steroid dienone is 2. The lowest BCUT2D eigenvalue weighted by atomic mass is 9.73. The van der Waals surface area contributed by atoms with Crippen molar-refractivity contribution in [3.63, 3.8) is 0 Å².